The molecule has 4 N–H and O–H groups in total. The lowest BCUT2D eigenvalue weighted by Gasteiger charge is -1.94. The largest absolute Gasteiger partial charge is 0.381 e. The molecule has 1 aromatic rings. The van der Waals surface area contributed by atoms with Crippen molar-refractivity contribution >= 4 is 23.3 Å². The Balaban J connectivity index is 3.09. The summed E-state index contributed by atoms with van der Waals surface area (Å²) in [7, 11) is 0. The van der Waals surface area contributed by atoms with Gasteiger partial charge in [0.15, 0.2) is 11.0 Å². The normalized spacial score (nSPS) is 8.69. The van der Waals surface area contributed by atoms with Gasteiger partial charge in [-0.2, -0.15) is 0 Å². The van der Waals surface area contributed by atoms with E-state index >= 15 is 0 Å². The summed E-state index contributed by atoms with van der Waals surface area (Å²) in [5.41, 5.74) is 10.5. The first-order valence-electron chi connectivity index (χ1n) is 3.20. The van der Waals surface area contributed by atoms with Gasteiger partial charge in [0.2, 0.25) is 0 Å². The van der Waals surface area contributed by atoms with E-state index in [2.05, 4.69) is 22.0 Å². The van der Waals surface area contributed by atoms with Crippen LogP contribution in [0, 0.1) is 11.8 Å². The Hall–Kier alpha value is -1.80. The van der Waals surface area contributed by atoms with Crippen molar-refractivity contribution in [1.82, 2.24) is 10.2 Å². The number of primary amides is 1. The Morgan fingerprint density at radius 2 is 2.23 bits per heavy atom. The number of nitrogens with two attached hydrogens (primary N) is 2. The number of carbonyl (C=O) groups excluding carboxylic acids is 1. The summed E-state index contributed by atoms with van der Waals surface area (Å²) in [5, 5.41) is 7.13. The summed E-state index contributed by atoms with van der Waals surface area (Å²) < 4.78 is 0. The molecule has 5 nitrogen and oxygen atoms in total. The molecule has 0 saturated carbocycles. The number of hydrogen-bond donors (Lipinski definition) is 2. The zero-order chi connectivity index (χ0) is 9.84. The molecule has 0 saturated heterocycles. The molecule has 13 heavy (non-hydrogen) atoms. The predicted octanol–water partition coefficient (Wildman–Crippen LogP) is -0.451. The minimum absolute atomic E-state index is 0.109. The van der Waals surface area contributed by atoms with Crippen molar-refractivity contribution in [2.24, 2.45) is 5.73 Å². The zero-order valence-corrected chi connectivity index (χ0v) is 7.17. The molecule has 0 aliphatic heterocycles. The minimum Gasteiger partial charge on any atom is -0.381 e. The van der Waals surface area contributed by atoms with E-state index in [1.165, 1.54) is 6.07 Å². The quantitative estimate of drug-likeness (QED) is 0.550. The third-order valence-corrected chi connectivity index (χ3v) is 1.30. The first-order valence-corrected chi connectivity index (χ1v) is 3.57. The van der Waals surface area contributed by atoms with E-state index in [-0.39, 0.29) is 11.0 Å². The third kappa shape index (κ3) is 2.61. The molecule has 0 unspecified atom stereocenters. The Morgan fingerprint density at radius 3 is 2.85 bits per heavy atom. The van der Waals surface area contributed by atoms with Gasteiger partial charge in [-0.15, -0.1) is 10.2 Å². The van der Waals surface area contributed by atoms with Gasteiger partial charge in [0, 0.05) is 5.92 Å². The number of aromatic nitrogens is 2. The average molecular weight is 197 g/mol. The van der Waals surface area contributed by atoms with Crippen molar-refractivity contribution in [2.75, 3.05) is 5.73 Å². The number of halogens is 1. The van der Waals surface area contributed by atoms with E-state index in [1.807, 2.05) is 0 Å². The van der Waals surface area contributed by atoms with Crippen LogP contribution >= 0.6 is 11.6 Å². The molecule has 0 aromatic carbocycles. The Kier molecular flexibility index (Phi) is 2.67. The van der Waals surface area contributed by atoms with E-state index in [0.29, 0.717) is 5.56 Å². The molecular weight excluding hydrogens is 192 g/mol. The van der Waals surface area contributed by atoms with Crippen molar-refractivity contribution in [3.05, 3.63) is 16.8 Å². The highest BCUT2D eigenvalue weighted by Gasteiger charge is 1.99. The first kappa shape index (κ1) is 9.29. The summed E-state index contributed by atoms with van der Waals surface area (Å²) in [4.78, 5) is 10.3. The number of nitrogens with zero attached hydrogens (tertiary/aromatic N) is 2. The molecule has 0 radical (unpaired) electrons. The van der Waals surface area contributed by atoms with Crippen LogP contribution in [0.5, 0.6) is 0 Å². The van der Waals surface area contributed by atoms with Gasteiger partial charge in [-0.1, -0.05) is 17.5 Å². The van der Waals surface area contributed by atoms with E-state index < -0.39 is 5.91 Å². The monoisotopic (exact) mass is 196 g/mol. The second kappa shape index (κ2) is 3.74. The average Bonchev–Trinajstić information content (AvgIpc) is 2.06. The highest BCUT2D eigenvalue weighted by atomic mass is 35.5. The maximum Gasteiger partial charge on any atom is 0.293 e. The number of anilines is 1. The van der Waals surface area contributed by atoms with E-state index in [1.54, 1.807) is 0 Å². The van der Waals surface area contributed by atoms with Gasteiger partial charge >= 0.3 is 0 Å². The first-order chi connectivity index (χ1) is 6.09. The van der Waals surface area contributed by atoms with Crippen molar-refractivity contribution in [2.45, 2.75) is 0 Å². The molecule has 1 rings (SSSR count). The molecule has 1 heterocycles. The van der Waals surface area contributed by atoms with Gasteiger partial charge in [-0.3, -0.25) is 4.79 Å². The van der Waals surface area contributed by atoms with Crippen LogP contribution < -0.4 is 11.5 Å². The Bertz CT molecular complexity index is 407. The van der Waals surface area contributed by atoms with Crippen LogP contribution in [0.15, 0.2) is 6.07 Å². The lowest BCUT2D eigenvalue weighted by atomic mass is 10.3. The summed E-state index contributed by atoms with van der Waals surface area (Å²) >= 11 is 5.52. The van der Waals surface area contributed by atoms with Crippen LogP contribution in [0.2, 0.25) is 5.15 Å². The highest BCUT2D eigenvalue weighted by molar-refractivity contribution is 6.29. The zero-order valence-electron chi connectivity index (χ0n) is 6.41. The topological polar surface area (TPSA) is 94.9 Å². The smallest absolute Gasteiger partial charge is 0.293 e. The van der Waals surface area contributed by atoms with E-state index in [9.17, 15) is 4.79 Å². The second-order valence-electron chi connectivity index (χ2n) is 2.08. The molecule has 1 aromatic heterocycles. The van der Waals surface area contributed by atoms with E-state index in [4.69, 9.17) is 23.1 Å². The Labute approximate surface area is 79.1 Å². The molecule has 0 spiro atoms. The van der Waals surface area contributed by atoms with Crippen LogP contribution in [0.3, 0.4) is 0 Å². The summed E-state index contributed by atoms with van der Waals surface area (Å²) in [6.45, 7) is 0. The van der Waals surface area contributed by atoms with Crippen LogP contribution in [-0.4, -0.2) is 16.1 Å². The summed E-state index contributed by atoms with van der Waals surface area (Å²) in [5.74, 6) is 3.90. The van der Waals surface area contributed by atoms with Gasteiger partial charge in [-0.25, -0.2) is 0 Å². The maximum atomic E-state index is 10.3. The predicted molar refractivity (Wildman–Crippen MR) is 47.5 cm³/mol. The van der Waals surface area contributed by atoms with E-state index in [0.717, 1.165) is 0 Å². The van der Waals surface area contributed by atoms with Gasteiger partial charge in [0.25, 0.3) is 5.91 Å². The Morgan fingerprint density at radius 1 is 1.54 bits per heavy atom. The lowest BCUT2D eigenvalue weighted by Crippen LogP contribution is -2.06. The molecule has 0 aliphatic rings. The van der Waals surface area contributed by atoms with Crippen LogP contribution in [-0.2, 0) is 4.79 Å². The van der Waals surface area contributed by atoms with Crippen LogP contribution in [0.4, 0.5) is 5.82 Å². The van der Waals surface area contributed by atoms with Crippen LogP contribution in [0.25, 0.3) is 0 Å². The van der Waals surface area contributed by atoms with Gasteiger partial charge in [-0.05, 0) is 6.07 Å². The fraction of sp³-hybridized carbons (Fsp3) is 0. The standard InChI is InChI=1S/C7H5ClN4O/c8-5-3-4(1-2-6(9)13)7(10)12-11-5/h3H,(H2,9,13)(H2,10,12). The van der Waals surface area contributed by atoms with Crippen LogP contribution in [0.1, 0.15) is 5.56 Å². The van der Waals surface area contributed by atoms with Gasteiger partial charge in [0.05, 0.1) is 5.56 Å². The highest BCUT2D eigenvalue weighted by Crippen LogP contribution is 2.10. The van der Waals surface area contributed by atoms with Gasteiger partial charge in [0.1, 0.15) is 0 Å². The number of hydrogen-bond acceptors (Lipinski definition) is 4. The molecular formula is C7H5ClN4O. The van der Waals surface area contributed by atoms with Crippen molar-refractivity contribution in [1.29, 1.82) is 0 Å². The lowest BCUT2D eigenvalue weighted by molar-refractivity contribution is -0.112. The minimum atomic E-state index is -0.743. The second-order valence-corrected chi connectivity index (χ2v) is 2.47. The molecule has 6 heteroatoms. The SMILES string of the molecule is NC(=O)C#Cc1cc(Cl)nnc1N. The molecule has 0 atom stereocenters. The number of rotatable bonds is 0. The molecule has 66 valence electrons. The number of nitrogen functional groups attached to an aromatic ring is 1. The molecule has 0 aliphatic carbocycles. The molecule has 0 fully saturated rings. The summed E-state index contributed by atoms with van der Waals surface area (Å²) in [6, 6.07) is 1.40. The van der Waals surface area contributed by atoms with Crippen molar-refractivity contribution in [3.63, 3.8) is 0 Å². The van der Waals surface area contributed by atoms with Crippen molar-refractivity contribution in [3.8, 4) is 11.8 Å². The molecule has 1 amide bonds. The number of carbonyl (C=O) groups is 1. The maximum absolute atomic E-state index is 10.3. The fourth-order valence-corrected chi connectivity index (χ4v) is 0.753. The fourth-order valence-electron chi connectivity index (χ4n) is 0.606. The summed E-state index contributed by atoms with van der Waals surface area (Å²) in [6.07, 6.45) is 0. The molecule has 0 bridgehead atoms. The van der Waals surface area contributed by atoms with Crippen molar-refractivity contribution < 1.29 is 4.79 Å². The van der Waals surface area contributed by atoms with Gasteiger partial charge < -0.3 is 11.5 Å². The number of amides is 1. The third-order valence-electron chi connectivity index (χ3n) is 1.11.